The molecule has 0 N–H and O–H groups in total. The number of nitrogens with zero attached hydrogens (tertiary/aromatic N) is 1. The van der Waals surface area contributed by atoms with Crippen LogP contribution in [0.15, 0.2) is 42.6 Å². The van der Waals surface area contributed by atoms with Crippen molar-refractivity contribution in [2.24, 2.45) is 0 Å². The highest BCUT2D eigenvalue weighted by molar-refractivity contribution is 5.38. The summed E-state index contributed by atoms with van der Waals surface area (Å²) in [6, 6.07) is 7.66. The predicted molar refractivity (Wildman–Crippen MR) is 62.3 cm³/mol. The molecular formula is C13H10F3NO2. The molecule has 6 heteroatoms. The molecule has 0 aliphatic rings. The minimum Gasteiger partial charge on any atom is -0.478 e. The molecule has 0 aliphatic carbocycles. The summed E-state index contributed by atoms with van der Waals surface area (Å²) in [7, 11) is 1.43. The molecule has 0 spiro atoms. The van der Waals surface area contributed by atoms with Crippen LogP contribution in [0.25, 0.3) is 0 Å². The molecule has 3 nitrogen and oxygen atoms in total. The molecule has 2 aromatic rings. The van der Waals surface area contributed by atoms with Crippen LogP contribution in [0.2, 0.25) is 0 Å². The lowest BCUT2D eigenvalue weighted by atomic mass is 10.2. The first kappa shape index (κ1) is 13.2. The minimum absolute atomic E-state index is 0.266. The lowest BCUT2D eigenvalue weighted by Crippen LogP contribution is -2.04. The van der Waals surface area contributed by atoms with Crippen molar-refractivity contribution in [3.05, 3.63) is 48.2 Å². The molecule has 19 heavy (non-hydrogen) atoms. The Morgan fingerprint density at radius 3 is 2.32 bits per heavy atom. The van der Waals surface area contributed by atoms with Crippen LogP contribution in [-0.2, 0) is 6.18 Å². The SMILES string of the molecule is COc1ncccc1Oc1ccc(C(F)(F)F)cc1. The standard InChI is InChI=1S/C13H10F3NO2/c1-18-12-11(3-2-8-17-12)19-10-6-4-9(5-7-10)13(14,15)16/h2-8H,1H3. The lowest BCUT2D eigenvalue weighted by Gasteiger charge is -2.10. The van der Waals surface area contributed by atoms with Crippen LogP contribution >= 0.6 is 0 Å². The van der Waals surface area contributed by atoms with Crippen molar-refractivity contribution in [2.45, 2.75) is 6.18 Å². The van der Waals surface area contributed by atoms with E-state index in [-0.39, 0.29) is 11.6 Å². The van der Waals surface area contributed by atoms with Gasteiger partial charge in [0.1, 0.15) is 5.75 Å². The summed E-state index contributed by atoms with van der Waals surface area (Å²) in [4.78, 5) is 3.92. The zero-order valence-electron chi connectivity index (χ0n) is 9.94. The molecule has 0 radical (unpaired) electrons. The van der Waals surface area contributed by atoms with Gasteiger partial charge in [0.05, 0.1) is 12.7 Å². The number of halogens is 3. The third-order valence-electron chi connectivity index (χ3n) is 2.34. The Bertz CT molecular complexity index is 553. The summed E-state index contributed by atoms with van der Waals surface area (Å²) in [6.45, 7) is 0. The number of hydrogen-bond acceptors (Lipinski definition) is 3. The third-order valence-corrected chi connectivity index (χ3v) is 2.34. The molecule has 0 unspecified atom stereocenters. The number of pyridine rings is 1. The van der Waals surface area contributed by atoms with Crippen LogP contribution in [0.4, 0.5) is 13.2 Å². The fraction of sp³-hybridized carbons (Fsp3) is 0.154. The van der Waals surface area contributed by atoms with Gasteiger partial charge in [0.25, 0.3) is 5.88 Å². The van der Waals surface area contributed by atoms with Crippen LogP contribution in [0.1, 0.15) is 5.56 Å². The predicted octanol–water partition coefficient (Wildman–Crippen LogP) is 3.90. The summed E-state index contributed by atoms with van der Waals surface area (Å²) >= 11 is 0. The van der Waals surface area contributed by atoms with Crippen LogP contribution < -0.4 is 9.47 Å². The normalized spacial score (nSPS) is 11.2. The Morgan fingerprint density at radius 2 is 1.74 bits per heavy atom. The fourth-order valence-corrected chi connectivity index (χ4v) is 1.45. The van der Waals surface area contributed by atoms with E-state index in [1.54, 1.807) is 12.1 Å². The maximum atomic E-state index is 12.4. The first-order valence-electron chi connectivity index (χ1n) is 5.35. The first-order valence-corrected chi connectivity index (χ1v) is 5.35. The molecule has 0 aliphatic heterocycles. The second-order valence-electron chi connectivity index (χ2n) is 3.64. The van der Waals surface area contributed by atoms with E-state index in [9.17, 15) is 13.2 Å². The zero-order chi connectivity index (χ0) is 13.9. The quantitative estimate of drug-likeness (QED) is 0.846. The van der Waals surface area contributed by atoms with Crippen molar-refractivity contribution in [2.75, 3.05) is 7.11 Å². The molecule has 0 amide bonds. The number of rotatable bonds is 3. The molecule has 1 aromatic carbocycles. The van der Waals surface area contributed by atoms with Gasteiger partial charge >= 0.3 is 6.18 Å². The number of ether oxygens (including phenoxy) is 2. The average Bonchev–Trinajstić information content (AvgIpc) is 2.39. The van der Waals surface area contributed by atoms with Crippen molar-refractivity contribution >= 4 is 0 Å². The van der Waals surface area contributed by atoms with Crippen LogP contribution in [0.5, 0.6) is 17.4 Å². The summed E-state index contributed by atoms with van der Waals surface area (Å²) in [6.07, 6.45) is -2.83. The highest BCUT2D eigenvalue weighted by Gasteiger charge is 2.30. The molecule has 0 bridgehead atoms. The van der Waals surface area contributed by atoms with Gasteiger partial charge in [0, 0.05) is 6.20 Å². The molecule has 100 valence electrons. The summed E-state index contributed by atoms with van der Waals surface area (Å²) in [5, 5.41) is 0. The van der Waals surface area contributed by atoms with Gasteiger partial charge in [-0.25, -0.2) is 4.98 Å². The number of aromatic nitrogens is 1. The molecule has 0 fully saturated rings. The fourth-order valence-electron chi connectivity index (χ4n) is 1.45. The lowest BCUT2D eigenvalue weighted by molar-refractivity contribution is -0.137. The van der Waals surface area contributed by atoms with Crippen molar-refractivity contribution < 1.29 is 22.6 Å². The van der Waals surface area contributed by atoms with E-state index in [0.29, 0.717) is 5.75 Å². The first-order chi connectivity index (χ1) is 9.00. The minimum atomic E-state index is -4.36. The van der Waals surface area contributed by atoms with E-state index < -0.39 is 11.7 Å². The van der Waals surface area contributed by atoms with Crippen molar-refractivity contribution in [1.29, 1.82) is 0 Å². The van der Waals surface area contributed by atoms with Crippen LogP contribution in [-0.4, -0.2) is 12.1 Å². The Balaban J connectivity index is 2.20. The van der Waals surface area contributed by atoms with E-state index in [1.807, 2.05) is 0 Å². The van der Waals surface area contributed by atoms with Crippen LogP contribution in [0, 0.1) is 0 Å². The maximum absolute atomic E-state index is 12.4. The van der Waals surface area contributed by atoms with E-state index in [4.69, 9.17) is 9.47 Å². The number of hydrogen-bond donors (Lipinski definition) is 0. The molecule has 0 saturated carbocycles. The molecule has 0 saturated heterocycles. The van der Waals surface area contributed by atoms with Crippen molar-refractivity contribution in [1.82, 2.24) is 4.98 Å². The van der Waals surface area contributed by atoms with E-state index >= 15 is 0 Å². The van der Waals surface area contributed by atoms with Crippen LogP contribution in [0.3, 0.4) is 0 Å². The zero-order valence-corrected chi connectivity index (χ0v) is 9.94. The Hall–Kier alpha value is -2.24. The van der Waals surface area contributed by atoms with E-state index in [1.165, 1.54) is 25.4 Å². The second-order valence-corrected chi connectivity index (χ2v) is 3.64. The number of alkyl halides is 3. The van der Waals surface area contributed by atoms with Gasteiger partial charge in [-0.3, -0.25) is 0 Å². The Kier molecular flexibility index (Phi) is 3.59. The average molecular weight is 269 g/mol. The second kappa shape index (κ2) is 5.17. The smallest absolute Gasteiger partial charge is 0.416 e. The van der Waals surface area contributed by atoms with E-state index in [2.05, 4.69) is 4.98 Å². The molecular weight excluding hydrogens is 259 g/mol. The molecule has 1 aromatic heterocycles. The van der Waals surface area contributed by atoms with Crippen molar-refractivity contribution in [3.8, 4) is 17.4 Å². The van der Waals surface area contributed by atoms with Gasteiger partial charge in [0.2, 0.25) is 0 Å². The van der Waals surface area contributed by atoms with Gasteiger partial charge in [-0.15, -0.1) is 0 Å². The highest BCUT2D eigenvalue weighted by Crippen LogP contribution is 2.33. The maximum Gasteiger partial charge on any atom is 0.416 e. The molecule has 2 rings (SSSR count). The highest BCUT2D eigenvalue weighted by atomic mass is 19.4. The van der Waals surface area contributed by atoms with Gasteiger partial charge < -0.3 is 9.47 Å². The third kappa shape index (κ3) is 3.15. The Labute approximate surface area is 107 Å². The topological polar surface area (TPSA) is 31.4 Å². The summed E-state index contributed by atoms with van der Waals surface area (Å²) in [5.41, 5.74) is -0.724. The number of benzene rings is 1. The Morgan fingerprint density at radius 1 is 1.05 bits per heavy atom. The van der Waals surface area contributed by atoms with E-state index in [0.717, 1.165) is 12.1 Å². The monoisotopic (exact) mass is 269 g/mol. The van der Waals surface area contributed by atoms with Gasteiger partial charge in [-0.05, 0) is 36.4 Å². The van der Waals surface area contributed by atoms with Crippen molar-refractivity contribution in [3.63, 3.8) is 0 Å². The number of methoxy groups -OCH3 is 1. The largest absolute Gasteiger partial charge is 0.478 e. The van der Waals surface area contributed by atoms with Gasteiger partial charge in [-0.2, -0.15) is 13.2 Å². The van der Waals surface area contributed by atoms with Gasteiger partial charge in [-0.1, -0.05) is 0 Å². The van der Waals surface area contributed by atoms with Gasteiger partial charge in [0.15, 0.2) is 5.75 Å². The molecule has 1 heterocycles. The summed E-state index contributed by atoms with van der Waals surface area (Å²) in [5.74, 6) is 0.881. The summed E-state index contributed by atoms with van der Waals surface area (Å²) < 4.78 is 47.6. The molecule has 0 atom stereocenters.